The summed E-state index contributed by atoms with van der Waals surface area (Å²) in [5, 5.41) is 3.29. The zero-order chi connectivity index (χ0) is 27.8. The van der Waals surface area contributed by atoms with Gasteiger partial charge in [0.15, 0.2) is 5.78 Å². The van der Waals surface area contributed by atoms with Gasteiger partial charge in [-0.1, -0.05) is 41.9 Å². The molecule has 2 aromatic carbocycles. The predicted molar refractivity (Wildman–Crippen MR) is 152 cm³/mol. The summed E-state index contributed by atoms with van der Waals surface area (Å²) < 4.78 is 1.88. The highest BCUT2D eigenvalue weighted by molar-refractivity contribution is 6.31. The Labute approximate surface area is 235 Å². The van der Waals surface area contributed by atoms with Gasteiger partial charge >= 0.3 is 0 Å². The van der Waals surface area contributed by atoms with Gasteiger partial charge in [-0.15, -0.1) is 0 Å². The van der Waals surface area contributed by atoms with Gasteiger partial charge < -0.3 is 14.8 Å². The zero-order valence-electron chi connectivity index (χ0n) is 21.5. The minimum absolute atomic E-state index is 0.139. The molecule has 1 unspecified atom stereocenters. The van der Waals surface area contributed by atoms with E-state index in [9.17, 15) is 14.4 Å². The van der Waals surface area contributed by atoms with Crippen molar-refractivity contribution in [3.05, 3.63) is 124 Å². The molecule has 8 nitrogen and oxygen atoms in total. The van der Waals surface area contributed by atoms with Crippen molar-refractivity contribution in [1.29, 1.82) is 0 Å². The molecule has 0 saturated carbocycles. The second kappa shape index (κ2) is 10.4. The summed E-state index contributed by atoms with van der Waals surface area (Å²) in [5.74, 6) is -0.761. The van der Waals surface area contributed by atoms with E-state index >= 15 is 0 Å². The van der Waals surface area contributed by atoms with E-state index in [1.807, 2.05) is 48.0 Å². The fraction of sp³-hybridized carbons (Fsp3) is 0.129. The van der Waals surface area contributed by atoms with Crippen molar-refractivity contribution in [3.8, 4) is 0 Å². The lowest BCUT2D eigenvalue weighted by molar-refractivity contribution is -0.120. The number of aryl methyl sites for hydroxylation is 1. The summed E-state index contributed by atoms with van der Waals surface area (Å²) in [7, 11) is 1.88. The van der Waals surface area contributed by atoms with Gasteiger partial charge in [0, 0.05) is 54.9 Å². The number of ketones is 1. The smallest absolute Gasteiger partial charge is 0.256 e. The fourth-order valence-corrected chi connectivity index (χ4v) is 5.23. The SMILES string of the molecule is Cn1cc(C(=O)c2ccc(CN3C(=O)c4ccc(Cl)cc4NC(=O)C3Cc3ccccn3)cc2)c2ncccc21. The monoisotopic (exact) mass is 549 g/mol. The van der Waals surface area contributed by atoms with Crippen LogP contribution in [0.3, 0.4) is 0 Å². The number of carbonyl (C=O) groups excluding carboxylic acids is 3. The van der Waals surface area contributed by atoms with E-state index in [1.165, 1.54) is 0 Å². The normalized spacial score (nSPS) is 15.1. The topological polar surface area (TPSA) is 97.2 Å². The molecule has 6 rings (SSSR count). The predicted octanol–water partition coefficient (Wildman–Crippen LogP) is 5.06. The number of carbonyl (C=O) groups is 3. The first kappa shape index (κ1) is 25.5. The molecule has 1 atom stereocenters. The van der Waals surface area contributed by atoms with E-state index in [0.717, 1.165) is 11.1 Å². The van der Waals surface area contributed by atoms with Crippen LogP contribution in [0, 0.1) is 0 Å². The van der Waals surface area contributed by atoms with Gasteiger partial charge in [0.2, 0.25) is 5.91 Å². The van der Waals surface area contributed by atoms with Crippen molar-refractivity contribution in [2.45, 2.75) is 19.0 Å². The lowest BCUT2D eigenvalue weighted by atomic mass is 10.0. The largest absolute Gasteiger partial charge is 0.348 e. The Morgan fingerprint density at radius 1 is 0.975 bits per heavy atom. The van der Waals surface area contributed by atoms with Gasteiger partial charge in [0.25, 0.3) is 5.91 Å². The molecule has 1 N–H and O–H groups in total. The lowest BCUT2D eigenvalue weighted by Gasteiger charge is -2.28. The second-order valence-corrected chi connectivity index (χ2v) is 10.1. The average molecular weight is 550 g/mol. The number of fused-ring (bicyclic) bond motifs is 2. The molecule has 0 fully saturated rings. The molecule has 3 aromatic heterocycles. The van der Waals surface area contributed by atoms with Crippen molar-refractivity contribution in [2.24, 2.45) is 7.05 Å². The molecule has 0 aliphatic carbocycles. The number of pyridine rings is 2. The molecule has 198 valence electrons. The van der Waals surface area contributed by atoms with Gasteiger partial charge in [-0.2, -0.15) is 0 Å². The summed E-state index contributed by atoms with van der Waals surface area (Å²) in [6.45, 7) is 0.163. The van der Waals surface area contributed by atoms with Crippen molar-refractivity contribution in [3.63, 3.8) is 0 Å². The molecule has 4 heterocycles. The third-order valence-electron chi connectivity index (χ3n) is 7.10. The van der Waals surface area contributed by atoms with Gasteiger partial charge in [-0.25, -0.2) is 0 Å². The average Bonchev–Trinajstić information content (AvgIpc) is 3.27. The maximum atomic E-state index is 13.8. The number of hydrogen-bond acceptors (Lipinski definition) is 5. The molecule has 1 aliphatic heterocycles. The van der Waals surface area contributed by atoms with Crippen molar-refractivity contribution in [1.82, 2.24) is 19.4 Å². The molecule has 40 heavy (non-hydrogen) atoms. The van der Waals surface area contributed by atoms with Crippen molar-refractivity contribution >= 4 is 45.9 Å². The van der Waals surface area contributed by atoms with E-state index in [-0.39, 0.29) is 30.6 Å². The highest BCUT2D eigenvalue weighted by atomic mass is 35.5. The van der Waals surface area contributed by atoms with Crippen molar-refractivity contribution in [2.75, 3.05) is 5.32 Å². The number of amides is 2. The molecule has 1 aliphatic rings. The summed E-state index contributed by atoms with van der Waals surface area (Å²) in [5.41, 5.74) is 4.75. The summed E-state index contributed by atoms with van der Waals surface area (Å²) in [4.78, 5) is 50.9. The minimum Gasteiger partial charge on any atom is -0.348 e. The Balaban J connectivity index is 1.31. The van der Waals surface area contributed by atoms with E-state index in [2.05, 4.69) is 15.3 Å². The first-order valence-electron chi connectivity index (χ1n) is 12.7. The van der Waals surface area contributed by atoms with Crippen LogP contribution in [0.4, 0.5) is 5.69 Å². The number of aromatic nitrogens is 3. The number of rotatable bonds is 6. The highest BCUT2D eigenvalue weighted by Gasteiger charge is 2.36. The van der Waals surface area contributed by atoms with Crippen LogP contribution in [0.25, 0.3) is 11.0 Å². The van der Waals surface area contributed by atoms with Crippen LogP contribution >= 0.6 is 11.6 Å². The first-order valence-corrected chi connectivity index (χ1v) is 13.1. The van der Waals surface area contributed by atoms with E-state index in [0.29, 0.717) is 38.6 Å². The molecular formula is C31H24ClN5O3. The Bertz CT molecular complexity index is 1770. The molecule has 5 aromatic rings. The summed E-state index contributed by atoms with van der Waals surface area (Å²) in [6, 6.07) is 20.3. The fourth-order valence-electron chi connectivity index (χ4n) is 5.06. The Morgan fingerprint density at radius 3 is 2.55 bits per heavy atom. The number of anilines is 1. The van der Waals surface area contributed by atoms with Gasteiger partial charge in [0.05, 0.1) is 27.8 Å². The molecule has 2 amide bonds. The molecule has 0 spiro atoms. The van der Waals surface area contributed by atoms with E-state index in [1.54, 1.807) is 59.9 Å². The third-order valence-corrected chi connectivity index (χ3v) is 7.33. The van der Waals surface area contributed by atoms with Crippen LogP contribution in [0.15, 0.2) is 91.4 Å². The number of nitrogens with zero attached hydrogens (tertiary/aromatic N) is 4. The second-order valence-electron chi connectivity index (χ2n) is 9.70. The van der Waals surface area contributed by atoms with Crippen LogP contribution in [-0.4, -0.2) is 43.1 Å². The molecule has 0 radical (unpaired) electrons. The summed E-state index contributed by atoms with van der Waals surface area (Å²) in [6.07, 6.45) is 5.36. The minimum atomic E-state index is -0.809. The van der Waals surface area contributed by atoms with Crippen LogP contribution < -0.4 is 5.32 Å². The number of benzene rings is 2. The summed E-state index contributed by atoms with van der Waals surface area (Å²) >= 11 is 6.16. The molecule has 0 saturated heterocycles. The molecular weight excluding hydrogens is 526 g/mol. The maximum absolute atomic E-state index is 13.8. The molecule has 0 bridgehead atoms. The Kier molecular flexibility index (Phi) is 6.61. The molecule has 9 heteroatoms. The highest BCUT2D eigenvalue weighted by Crippen LogP contribution is 2.29. The van der Waals surface area contributed by atoms with Crippen LogP contribution in [0.2, 0.25) is 5.02 Å². The van der Waals surface area contributed by atoms with Crippen LogP contribution in [-0.2, 0) is 24.8 Å². The van der Waals surface area contributed by atoms with E-state index in [4.69, 9.17) is 11.6 Å². The first-order chi connectivity index (χ1) is 19.4. The van der Waals surface area contributed by atoms with Gasteiger partial charge in [-0.05, 0) is 48.0 Å². The van der Waals surface area contributed by atoms with Crippen LogP contribution in [0.1, 0.15) is 37.5 Å². The number of hydrogen-bond donors (Lipinski definition) is 1. The quantitative estimate of drug-likeness (QED) is 0.299. The third kappa shape index (κ3) is 4.74. The zero-order valence-corrected chi connectivity index (χ0v) is 22.3. The van der Waals surface area contributed by atoms with Crippen LogP contribution in [0.5, 0.6) is 0 Å². The Hall–Kier alpha value is -4.82. The number of halogens is 1. The van der Waals surface area contributed by atoms with Gasteiger partial charge in [-0.3, -0.25) is 24.4 Å². The standard InChI is InChI=1S/C31H24ClN5O3/c1-36-18-24(28-26(36)6-4-14-34-28)29(38)20-9-7-19(8-10-20)17-37-27(16-22-5-2-3-13-33-22)30(39)35-25-15-21(32)11-12-23(25)31(37)40/h2-15,18,27H,16-17H2,1H3,(H,35,39). The Morgan fingerprint density at radius 2 is 1.77 bits per heavy atom. The maximum Gasteiger partial charge on any atom is 0.256 e. The van der Waals surface area contributed by atoms with E-state index < -0.39 is 6.04 Å². The van der Waals surface area contributed by atoms with Crippen molar-refractivity contribution < 1.29 is 14.4 Å². The lowest BCUT2D eigenvalue weighted by Crippen LogP contribution is -2.46. The van der Waals surface area contributed by atoms with Gasteiger partial charge in [0.1, 0.15) is 6.04 Å². The number of nitrogens with one attached hydrogen (secondary N) is 1.